The molecule has 0 radical (unpaired) electrons. The molecule has 1 aromatic carbocycles. The van der Waals surface area contributed by atoms with Crippen molar-refractivity contribution in [3.8, 4) is 17.6 Å². The first-order chi connectivity index (χ1) is 16.3. The minimum absolute atomic E-state index is 0.000214. The molecular formula is C22H29N3O9. The number of carbonyl (C=O) groups is 2. The van der Waals surface area contributed by atoms with Crippen molar-refractivity contribution in [3.63, 3.8) is 0 Å². The minimum Gasteiger partial charge on any atom is -0.499 e. The largest absolute Gasteiger partial charge is 0.514 e. The van der Waals surface area contributed by atoms with Crippen LogP contribution < -0.4 is 4.74 Å². The summed E-state index contributed by atoms with van der Waals surface area (Å²) in [6.07, 6.45) is 0.775. The summed E-state index contributed by atoms with van der Waals surface area (Å²) in [5.41, 5.74) is -1.06. The highest BCUT2D eigenvalue weighted by Crippen LogP contribution is 2.38. The summed E-state index contributed by atoms with van der Waals surface area (Å²) < 4.78 is 20.2. The Morgan fingerprint density at radius 1 is 1.12 bits per heavy atom. The van der Waals surface area contributed by atoms with Gasteiger partial charge in [0.15, 0.2) is 5.75 Å². The van der Waals surface area contributed by atoms with Crippen molar-refractivity contribution in [3.05, 3.63) is 33.4 Å². The lowest BCUT2D eigenvalue weighted by atomic mass is 10.1. The van der Waals surface area contributed by atoms with E-state index < -0.39 is 34.2 Å². The number of nitriles is 1. The van der Waals surface area contributed by atoms with E-state index in [4.69, 9.17) is 18.9 Å². The van der Waals surface area contributed by atoms with Gasteiger partial charge in [-0.15, -0.1) is 0 Å². The van der Waals surface area contributed by atoms with Crippen LogP contribution in [0, 0.1) is 21.4 Å². The number of aromatic hydroxyl groups is 1. The molecule has 34 heavy (non-hydrogen) atoms. The maximum atomic E-state index is 12.5. The molecule has 0 bridgehead atoms. The number of likely N-dealkylation sites (N-methyl/N-ethyl adjacent to an activating group) is 1. The number of nitrogens with zero attached hydrogens (tertiary/aromatic N) is 3. The molecule has 1 amide bonds. The quantitative estimate of drug-likeness (QED) is 0.0798. The molecule has 186 valence electrons. The smallest absolute Gasteiger partial charge is 0.499 e. The summed E-state index contributed by atoms with van der Waals surface area (Å²) in [4.78, 5) is 36.2. The number of nitro groups is 1. The van der Waals surface area contributed by atoms with E-state index in [2.05, 4.69) is 0 Å². The summed E-state index contributed by atoms with van der Waals surface area (Å²) in [5, 5.41) is 30.8. The van der Waals surface area contributed by atoms with Crippen LogP contribution >= 0.6 is 0 Å². The van der Waals surface area contributed by atoms with Gasteiger partial charge in [0, 0.05) is 25.8 Å². The Morgan fingerprint density at radius 2 is 1.74 bits per heavy atom. The number of hydrogen-bond acceptors (Lipinski definition) is 10. The van der Waals surface area contributed by atoms with Crippen molar-refractivity contribution >= 4 is 23.8 Å². The standard InChI is InChI=1S/C22H29N3O9/c1-4-7-31-8-9-32-10-11-33-22(28)34-19-14-16(13-18(20(19)26)25(29)30)12-17(15-23)21(27)24(5-2)6-3/h12-14,26H,4-11H2,1-3H3/b17-12+. The van der Waals surface area contributed by atoms with Gasteiger partial charge in [-0.2, -0.15) is 5.26 Å². The molecule has 12 heteroatoms. The van der Waals surface area contributed by atoms with Crippen molar-refractivity contribution < 1.29 is 38.6 Å². The van der Waals surface area contributed by atoms with Gasteiger partial charge in [0.1, 0.15) is 18.2 Å². The summed E-state index contributed by atoms with van der Waals surface area (Å²) in [7, 11) is 0. The molecule has 0 atom stereocenters. The second kappa shape index (κ2) is 15.2. The third kappa shape index (κ3) is 9.05. The van der Waals surface area contributed by atoms with Gasteiger partial charge in [0.05, 0.1) is 24.7 Å². The predicted octanol–water partition coefficient (Wildman–Crippen LogP) is 3.03. The van der Waals surface area contributed by atoms with E-state index in [-0.39, 0.29) is 24.4 Å². The number of hydrogen-bond donors (Lipinski definition) is 1. The SMILES string of the molecule is CCCOCCOCCOC(=O)Oc1cc(/C=C(\C#N)C(=O)N(CC)CC)cc([N+](=O)[O-])c1O. The van der Waals surface area contributed by atoms with Crippen LogP contribution in [-0.4, -0.2) is 73.1 Å². The molecule has 1 N–H and O–H groups in total. The summed E-state index contributed by atoms with van der Waals surface area (Å²) in [5.74, 6) is -2.03. The molecule has 0 saturated heterocycles. The van der Waals surface area contributed by atoms with E-state index in [9.17, 15) is 30.1 Å². The number of benzene rings is 1. The first-order valence-electron chi connectivity index (χ1n) is 10.7. The van der Waals surface area contributed by atoms with Crippen molar-refractivity contribution in [2.75, 3.05) is 46.1 Å². The lowest BCUT2D eigenvalue weighted by molar-refractivity contribution is -0.385. The van der Waals surface area contributed by atoms with Crippen molar-refractivity contribution in [2.45, 2.75) is 27.2 Å². The van der Waals surface area contributed by atoms with Crippen LogP contribution in [0.4, 0.5) is 10.5 Å². The van der Waals surface area contributed by atoms with Crippen LogP contribution in [0.3, 0.4) is 0 Å². The highest BCUT2D eigenvalue weighted by Gasteiger charge is 2.23. The zero-order chi connectivity index (χ0) is 25.5. The fourth-order valence-corrected chi connectivity index (χ4v) is 2.67. The average Bonchev–Trinajstić information content (AvgIpc) is 2.81. The number of phenols is 1. The fraction of sp³-hybridized carbons (Fsp3) is 0.500. The number of nitro benzene ring substituents is 1. The van der Waals surface area contributed by atoms with E-state index in [1.165, 1.54) is 4.90 Å². The van der Waals surface area contributed by atoms with Gasteiger partial charge in [0.2, 0.25) is 5.75 Å². The molecule has 0 spiro atoms. The van der Waals surface area contributed by atoms with Crippen LogP contribution in [0.15, 0.2) is 17.7 Å². The molecule has 0 heterocycles. The normalized spacial score (nSPS) is 10.9. The van der Waals surface area contributed by atoms with Gasteiger partial charge in [-0.25, -0.2) is 4.79 Å². The maximum Gasteiger partial charge on any atom is 0.514 e. The highest BCUT2D eigenvalue weighted by molar-refractivity contribution is 6.01. The first-order valence-corrected chi connectivity index (χ1v) is 10.7. The second-order valence-electron chi connectivity index (χ2n) is 6.72. The molecule has 1 aromatic rings. The Labute approximate surface area is 197 Å². The molecule has 0 aliphatic rings. The number of amides is 1. The molecule has 1 rings (SSSR count). The van der Waals surface area contributed by atoms with Crippen LogP contribution in [0.5, 0.6) is 11.5 Å². The van der Waals surface area contributed by atoms with Gasteiger partial charge >= 0.3 is 11.8 Å². The Bertz CT molecular complexity index is 921. The van der Waals surface area contributed by atoms with E-state index in [0.717, 1.165) is 24.6 Å². The van der Waals surface area contributed by atoms with Crippen LogP contribution in [0.1, 0.15) is 32.8 Å². The number of phenolic OH excluding ortho intramolecular Hbond substituents is 1. The number of carbonyl (C=O) groups excluding carboxylic acids is 2. The van der Waals surface area contributed by atoms with E-state index >= 15 is 0 Å². The highest BCUT2D eigenvalue weighted by atomic mass is 16.7. The molecule has 0 aliphatic heterocycles. The van der Waals surface area contributed by atoms with Crippen molar-refractivity contribution in [2.24, 2.45) is 0 Å². The van der Waals surface area contributed by atoms with Gasteiger partial charge in [-0.1, -0.05) is 6.92 Å². The second-order valence-corrected chi connectivity index (χ2v) is 6.72. The maximum absolute atomic E-state index is 12.5. The molecular weight excluding hydrogens is 450 g/mol. The predicted molar refractivity (Wildman–Crippen MR) is 120 cm³/mol. The zero-order valence-corrected chi connectivity index (χ0v) is 19.4. The van der Waals surface area contributed by atoms with Crippen LogP contribution in [-0.2, 0) is 19.0 Å². The fourth-order valence-electron chi connectivity index (χ4n) is 2.67. The number of ether oxygens (including phenoxy) is 4. The third-order valence-corrected chi connectivity index (χ3v) is 4.35. The topological polar surface area (TPSA) is 161 Å². The Balaban J connectivity index is 2.94. The Kier molecular flexibility index (Phi) is 12.7. The van der Waals surface area contributed by atoms with Crippen molar-refractivity contribution in [1.82, 2.24) is 4.90 Å². The monoisotopic (exact) mass is 479 g/mol. The Hall–Kier alpha value is -3.69. The first kappa shape index (κ1) is 28.3. The van der Waals surface area contributed by atoms with E-state index in [1.807, 2.05) is 6.92 Å². The molecule has 0 aromatic heterocycles. The van der Waals surface area contributed by atoms with Gasteiger partial charge < -0.3 is 29.0 Å². The van der Waals surface area contributed by atoms with Gasteiger partial charge in [-0.05, 0) is 38.0 Å². The lowest BCUT2D eigenvalue weighted by Gasteiger charge is -2.17. The zero-order valence-electron chi connectivity index (χ0n) is 19.4. The minimum atomic E-state index is -1.23. The van der Waals surface area contributed by atoms with Gasteiger partial charge in [0.25, 0.3) is 5.91 Å². The summed E-state index contributed by atoms with van der Waals surface area (Å²) in [6.45, 7) is 7.42. The molecule has 0 saturated carbocycles. The van der Waals surface area contributed by atoms with E-state index in [0.29, 0.717) is 32.9 Å². The van der Waals surface area contributed by atoms with Crippen LogP contribution in [0.2, 0.25) is 0 Å². The Morgan fingerprint density at radius 3 is 2.29 bits per heavy atom. The third-order valence-electron chi connectivity index (χ3n) is 4.35. The molecule has 0 unspecified atom stereocenters. The summed E-state index contributed by atoms with van der Waals surface area (Å²) in [6, 6.07) is 3.80. The van der Waals surface area contributed by atoms with Crippen LogP contribution in [0.25, 0.3) is 6.08 Å². The number of rotatable bonds is 14. The average molecular weight is 479 g/mol. The molecule has 12 nitrogen and oxygen atoms in total. The van der Waals surface area contributed by atoms with Gasteiger partial charge in [-0.3, -0.25) is 14.9 Å². The molecule has 0 aliphatic carbocycles. The molecule has 0 fully saturated rings. The lowest BCUT2D eigenvalue weighted by Crippen LogP contribution is -2.31. The van der Waals surface area contributed by atoms with E-state index in [1.54, 1.807) is 19.9 Å². The summed E-state index contributed by atoms with van der Waals surface area (Å²) >= 11 is 0. The van der Waals surface area contributed by atoms with Crippen molar-refractivity contribution in [1.29, 1.82) is 5.26 Å².